The first kappa shape index (κ1) is 12.7. The van der Waals surface area contributed by atoms with E-state index in [-0.39, 0.29) is 0 Å². The third kappa shape index (κ3) is 2.90. The second kappa shape index (κ2) is 5.69. The van der Waals surface area contributed by atoms with Crippen LogP contribution in [0.3, 0.4) is 0 Å². The Hall–Kier alpha value is -0.800. The molecule has 0 saturated heterocycles. The van der Waals surface area contributed by atoms with Crippen LogP contribution in [0.2, 0.25) is 5.02 Å². The topological polar surface area (TPSA) is 28.2 Å². The molecule has 1 aromatic rings. The van der Waals surface area contributed by atoms with Gasteiger partial charge in [-0.2, -0.15) is 0 Å². The average Bonchev–Trinajstić information content (AvgIpc) is 2.39. The number of aromatic nitrogens is 1. The summed E-state index contributed by atoms with van der Waals surface area (Å²) in [6, 6.07) is 5.02. The Kier molecular flexibility index (Phi) is 4.24. The molecule has 0 amide bonds. The van der Waals surface area contributed by atoms with Crippen molar-refractivity contribution in [3.05, 3.63) is 23.4 Å². The molecule has 4 heteroatoms. The first-order chi connectivity index (χ1) is 8.22. The van der Waals surface area contributed by atoms with Crippen molar-refractivity contribution in [2.75, 3.05) is 19.0 Å². The molecule has 1 N–H and O–H groups in total. The predicted molar refractivity (Wildman–Crippen MR) is 72.8 cm³/mol. The number of hydrogen-bond acceptors (Lipinski definition) is 3. The number of nitrogens with one attached hydrogen (secondary N) is 1. The minimum absolute atomic E-state index is 0.562. The lowest BCUT2D eigenvalue weighted by molar-refractivity contribution is 0.350. The minimum Gasteiger partial charge on any atom is -0.355 e. The molecule has 0 radical (unpaired) electrons. The predicted octanol–water partition coefficient (Wildman–Crippen LogP) is 2.70. The van der Waals surface area contributed by atoms with Gasteiger partial charge < -0.3 is 10.2 Å². The van der Waals surface area contributed by atoms with Crippen LogP contribution >= 0.6 is 11.6 Å². The maximum absolute atomic E-state index is 6.18. The van der Waals surface area contributed by atoms with Gasteiger partial charge in [0.2, 0.25) is 0 Å². The van der Waals surface area contributed by atoms with E-state index in [1.54, 1.807) is 6.20 Å². The van der Waals surface area contributed by atoms with Crippen LogP contribution in [-0.4, -0.2) is 31.2 Å². The number of rotatable bonds is 3. The van der Waals surface area contributed by atoms with Crippen LogP contribution in [0, 0.1) is 0 Å². The van der Waals surface area contributed by atoms with Crippen LogP contribution in [0.1, 0.15) is 25.7 Å². The van der Waals surface area contributed by atoms with E-state index in [0.717, 1.165) is 10.8 Å². The van der Waals surface area contributed by atoms with Gasteiger partial charge in [-0.1, -0.05) is 11.6 Å². The smallest absolute Gasteiger partial charge is 0.147 e. The maximum Gasteiger partial charge on any atom is 0.147 e. The summed E-state index contributed by atoms with van der Waals surface area (Å²) in [5, 5.41) is 4.10. The molecule has 94 valence electrons. The van der Waals surface area contributed by atoms with Gasteiger partial charge in [-0.25, -0.2) is 4.98 Å². The highest BCUT2D eigenvalue weighted by Gasteiger charge is 2.24. The van der Waals surface area contributed by atoms with E-state index < -0.39 is 0 Å². The monoisotopic (exact) mass is 253 g/mol. The van der Waals surface area contributed by atoms with E-state index >= 15 is 0 Å². The summed E-state index contributed by atoms with van der Waals surface area (Å²) in [6.45, 7) is 0. The first-order valence-corrected chi connectivity index (χ1v) is 6.60. The molecule has 1 saturated carbocycles. The molecule has 0 aliphatic heterocycles. The SMILES string of the molecule is CNC1CCC(N(C)c2ncccc2Cl)CC1. The van der Waals surface area contributed by atoms with E-state index in [0.29, 0.717) is 12.1 Å². The lowest BCUT2D eigenvalue weighted by Gasteiger charge is -2.35. The van der Waals surface area contributed by atoms with Crippen LogP contribution in [0.25, 0.3) is 0 Å². The van der Waals surface area contributed by atoms with E-state index in [1.165, 1.54) is 25.7 Å². The molecule has 0 atom stereocenters. The summed E-state index contributed by atoms with van der Waals surface area (Å²) >= 11 is 6.18. The quantitative estimate of drug-likeness (QED) is 0.898. The van der Waals surface area contributed by atoms with E-state index in [2.05, 4.69) is 22.2 Å². The van der Waals surface area contributed by atoms with Gasteiger partial charge in [0.15, 0.2) is 0 Å². The van der Waals surface area contributed by atoms with Gasteiger partial charge in [0.25, 0.3) is 0 Å². The molecule has 1 aromatic heterocycles. The van der Waals surface area contributed by atoms with Crippen molar-refractivity contribution < 1.29 is 0 Å². The molecule has 17 heavy (non-hydrogen) atoms. The number of anilines is 1. The molecule has 0 aromatic carbocycles. The molecular weight excluding hydrogens is 234 g/mol. The normalized spacial score (nSPS) is 24.6. The third-order valence-electron chi connectivity index (χ3n) is 3.73. The largest absolute Gasteiger partial charge is 0.355 e. The summed E-state index contributed by atoms with van der Waals surface area (Å²) in [4.78, 5) is 6.60. The van der Waals surface area contributed by atoms with Gasteiger partial charge in [0.05, 0.1) is 5.02 Å². The Bertz CT molecular complexity index is 361. The molecule has 1 aliphatic rings. The minimum atomic E-state index is 0.562. The fourth-order valence-corrected chi connectivity index (χ4v) is 2.82. The highest BCUT2D eigenvalue weighted by molar-refractivity contribution is 6.32. The van der Waals surface area contributed by atoms with Gasteiger partial charge in [-0.05, 0) is 44.9 Å². The van der Waals surface area contributed by atoms with E-state index in [1.807, 2.05) is 19.2 Å². The lowest BCUT2D eigenvalue weighted by Crippen LogP contribution is -2.40. The van der Waals surface area contributed by atoms with E-state index in [4.69, 9.17) is 11.6 Å². The second-order valence-corrected chi connectivity index (χ2v) is 5.12. The Labute approximate surface area is 108 Å². The molecule has 0 bridgehead atoms. The summed E-state index contributed by atoms with van der Waals surface area (Å²) in [7, 11) is 4.14. The van der Waals surface area contributed by atoms with Crippen molar-refractivity contribution in [2.24, 2.45) is 0 Å². The Balaban J connectivity index is 2.02. The van der Waals surface area contributed by atoms with Gasteiger partial charge >= 0.3 is 0 Å². The molecule has 1 fully saturated rings. The zero-order chi connectivity index (χ0) is 12.3. The maximum atomic E-state index is 6.18. The van der Waals surface area contributed by atoms with Crippen molar-refractivity contribution in [2.45, 2.75) is 37.8 Å². The Morgan fingerprint density at radius 3 is 2.65 bits per heavy atom. The molecule has 0 spiro atoms. The zero-order valence-electron chi connectivity index (χ0n) is 10.5. The van der Waals surface area contributed by atoms with Crippen LogP contribution < -0.4 is 10.2 Å². The van der Waals surface area contributed by atoms with Crippen molar-refractivity contribution in [1.82, 2.24) is 10.3 Å². The highest BCUT2D eigenvalue weighted by atomic mass is 35.5. The first-order valence-electron chi connectivity index (χ1n) is 6.23. The van der Waals surface area contributed by atoms with Crippen molar-refractivity contribution in [3.63, 3.8) is 0 Å². The van der Waals surface area contributed by atoms with Crippen molar-refractivity contribution >= 4 is 17.4 Å². The third-order valence-corrected chi connectivity index (χ3v) is 4.02. The van der Waals surface area contributed by atoms with Crippen molar-refractivity contribution in [3.8, 4) is 0 Å². The molecule has 3 nitrogen and oxygen atoms in total. The average molecular weight is 254 g/mol. The number of nitrogens with zero attached hydrogens (tertiary/aromatic N) is 2. The molecule has 0 unspecified atom stereocenters. The van der Waals surface area contributed by atoms with Gasteiger partial charge in [0.1, 0.15) is 5.82 Å². The summed E-state index contributed by atoms with van der Waals surface area (Å²) < 4.78 is 0. The van der Waals surface area contributed by atoms with Gasteiger partial charge in [-0.15, -0.1) is 0 Å². The standard InChI is InChI=1S/C13H20ClN3/c1-15-10-5-7-11(8-6-10)17(2)13-12(14)4-3-9-16-13/h3-4,9-11,15H,5-8H2,1-2H3. The lowest BCUT2D eigenvalue weighted by atomic mass is 9.90. The summed E-state index contributed by atoms with van der Waals surface area (Å²) in [6.07, 6.45) is 6.67. The fourth-order valence-electron chi connectivity index (χ4n) is 2.56. The zero-order valence-corrected chi connectivity index (χ0v) is 11.2. The van der Waals surface area contributed by atoms with Crippen LogP contribution in [-0.2, 0) is 0 Å². The Morgan fingerprint density at radius 1 is 1.35 bits per heavy atom. The Morgan fingerprint density at radius 2 is 2.06 bits per heavy atom. The summed E-state index contributed by atoms with van der Waals surface area (Å²) in [5.74, 6) is 0.905. The number of pyridine rings is 1. The fraction of sp³-hybridized carbons (Fsp3) is 0.615. The van der Waals surface area contributed by atoms with Gasteiger partial charge in [-0.3, -0.25) is 0 Å². The van der Waals surface area contributed by atoms with Crippen LogP contribution in [0.15, 0.2) is 18.3 Å². The number of halogens is 1. The number of hydrogen-bond donors (Lipinski definition) is 1. The molecule has 1 heterocycles. The molecule has 2 rings (SSSR count). The molecule has 1 aliphatic carbocycles. The van der Waals surface area contributed by atoms with Crippen LogP contribution in [0.4, 0.5) is 5.82 Å². The van der Waals surface area contributed by atoms with Crippen molar-refractivity contribution in [1.29, 1.82) is 0 Å². The highest BCUT2D eigenvalue weighted by Crippen LogP contribution is 2.29. The second-order valence-electron chi connectivity index (χ2n) is 4.71. The van der Waals surface area contributed by atoms with E-state index in [9.17, 15) is 0 Å². The van der Waals surface area contributed by atoms with Gasteiger partial charge in [0, 0.05) is 25.3 Å². The summed E-state index contributed by atoms with van der Waals surface area (Å²) in [5.41, 5.74) is 0. The molecular formula is C13H20ClN3. The van der Waals surface area contributed by atoms with Crippen LogP contribution in [0.5, 0.6) is 0 Å².